The average Bonchev–Trinajstić information content (AvgIpc) is 2.23. The average molecular weight is 355 g/mol. The van der Waals surface area contributed by atoms with E-state index >= 15 is 0 Å². The Morgan fingerprint density at radius 3 is 1.86 bits per heavy atom. The number of esters is 1. The SMILES string of the molecule is C/C=C/C=C/C(=O)OC(CS(=O)(=O)[O-])(C(F)(F)F)C(F)(F)F. The molecule has 0 aromatic heterocycles. The van der Waals surface area contributed by atoms with Crippen molar-refractivity contribution in [2.24, 2.45) is 0 Å². The summed E-state index contributed by atoms with van der Waals surface area (Å²) in [5.74, 6) is -5.13. The number of hydrogen-bond acceptors (Lipinski definition) is 5. The summed E-state index contributed by atoms with van der Waals surface area (Å²) < 4.78 is 111. The van der Waals surface area contributed by atoms with Crippen molar-refractivity contribution in [1.29, 1.82) is 0 Å². The minimum atomic E-state index is -6.37. The summed E-state index contributed by atoms with van der Waals surface area (Å²) in [6, 6.07) is 0. The highest BCUT2D eigenvalue weighted by atomic mass is 32.2. The van der Waals surface area contributed by atoms with Crippen LogP contribution in [0.25, 0.3) is 0 Å². The van der Waals surface area contributed by atoms with Crippen LogP contribution < -0.4 is 0 Å². The van der Waals surface area contributed by atoms with Crippen molar-refractivity contribution in [3.63, 3.8) is 0 Å². The number of allylic oxidation sites excluding steroid dienone is 3. The monoisotopic (exact) mass is 355 g/mol. The van der Waals surface area contributed by atoms with Crippen LogP contribution in [0.2, 0.25) is 0 Å². The van der Waals surface area contributed by atoms with Crippen molar-refractivity contribution >= 4 is 16.1 Å². The molecule has 5 nitrogen and oxygen atoms in total. The van der Waals surface area contributed by atoms with Gasteiger partial charge in [-0.1, -0.05) is 18.2 Å². The van der Waals surface area contributed by atoms with Gasteiger partial charge in [0.2, 0.25) is 0 Å². The highest BCUT2D eigenvalue weighted by molar-refractivity contribution is 7.85. The first kappa shape index (κ1) is 20.4. The zero-order valence-electron chi connectivity index (χ0n) is 10.7. The molecule has 0 saturated carbocycles. The number of carbonyl (C=O) groups excluding carboxylic acids is 1. The van der Waals surface area contributed by atoms with E-state index < -0.39 is 39.8 Å². The molecule has 22 heavy (non-hydrogen) atoms. The van der Waals surface area contributed by atoms with Crippen LogP contribution in [0.15, 0.2) is 24.3 Å². The second-order valence-corrected chi connectivity index (χ2v) is 5.23. The third-order valence-corrected chi connectivity index (χ3v) is 2.87. The fraction of sp³-hybridized carbons (Fsp3) is 0.500. The van der Waals surface area contributed by atoms with Gasteiger partial charge in [-0.2, -0.15) is 26.3 Å². The van der Waals surface area contributed by atoms with Crippen molar-refractivity contribution in [2.45, 2.75) is 24.9 Å². The molecule has 0 amide bonds. The van der Waals surface area contributed by atoms with E-state index in [1.54, 1.807) is 0 Å². The molecule has 0 heterocycles. The van der Waals surface area contributed by atoms with E-state index in [4.69, 9.17) is 0 Å². The molecular formula is C10H9F6O5S-. The Kier molecular flexibility index (Phi) is 6.21. The lowest BCUT2D eigenvalue weighted by molar-refractivity contribution is -0.360. The zero-order chi connectivity index (χ0) is 17.8. The fourth-order valence-electron chi connectivity index (χ4n) is 1.17. The van der Waals surface area contributed by atoms with Gasteiger partial charge in [-0.3, -0.25) is 0 Å². The fourth-order valence-corrected chi connectivity index (χ4v) is 2.05. The van der Waals surface area contributed by atoms with Gasteiger partial charge in [-0.15, -0.1) is 0 Å². The molecule has 0 radical (unpaired) electrons. The Morgan fingerprint density at radius 1 is 1.09 bits per heavy atom. The Hall–Kier alpha value is -1.56. The first-order valence-corrected chi connectivity index (χ1v) is 6.83. The van der Waals surface area contributed by atoms with E-state index in [0.717, 1.165) is 12.2 Å². The van der Waals surface area contributed by atoms with Gasteiger partial charge >= 0.3 is 23.9 Å². The summed E-state index contributed by atoms with van der Waals surface area (Å²) in [5, 5.41) is 0. The van der Waals surface area contributed by atoms with Crippen LogP contribution in [0.5, 0.6) is 0 Å². The number of rotatable bonds is 5. The number of hydrogen-bond donors (Lipinski definition) is 0. The van der Waals surface area contributed by atoms with Crippen LogP contribution in [0.3, 0.4) is 0 Å². The van der Waals surface area contributed by atoms with Gasteiger partial charge in [-0.05, 0) is 6.92 Å². The lowest BCUT2D eigenvalue weighted by Gasteiger charge is -2.36. The number of carbonyl (C=O) groups is 1. The van der Waals surface area contributed by atoms with E-state index in [2.05, 4.69) is 4.74 Å². The lowest BCUT2D eigenvalue weighted by Crippen LogP contribution is -2.63. The van der Waals surface area contributed by atoms with E-state index in [1.807, 2.05) is 0 Å². The molecule has 0 saturated heterocycles. The van der Waals surface area contributed by atoms with Crippen LogP contribution in [-0.2, 0) is 19.6 Å². The van der Waals surface area contributed by atoms with Gasteiger partial charge in [0.05, 0.1) is 15.9 Å². The summed E-state index contributed by atoms with van der Waals surface area (Å²) in [6.07, 6.45) is -9.37. The second kappa shape index (κ2) is 6.69. The zero-order valence-corrected chi connectivity index (χ0v) is 11.6. The highest BCUT2D eigenvalue weighted by Gasteiger charge is 2.75. The predicted molar refractivity (Wildman–Crippen MR) is 59.5 cm³/mol. The quantitative estimate of drug-likeness (QED) is 0.248. The smallest absolute Gasteiger partial charge is 0.438 e. The topological polar surface area (TPSA) is 83.5 Å². The minimum absolute atomic E-state index is 0.212. The van der Waals surface area contributed by atoms with Crippen molar-refractivity contribution in [1.82, 2.24) is 0 Å². The normalized spacial score (nSPS) is 14.7. The molecule has 0 bridgehead atoms. The molecule has 0 rings (SSSR count). The standard InChI is InChI=1S/C10H10F6O5S/c1-2-3-4-5-7(17)21-8(9(11,12)13,10(14,15)16)6-22(18,19)20/h2-5H,6H2,1H3,(H,18,19,20)/p-1/b3-2+,5-4+. The van der Waals surface area contributed by atoms with Gasteiger partial charge in [0.25, 0.3) is 0 Å². The molecule has 0 N–H and O–H groups in total. The molecule has 0 atom stereocenters. The lowest BCUT2D eigenvalue weighted by atomic mass is 10.1. The molecule has 128 valence electrons. The van der Waals surface area contributed by atoms with Crippen molar-refractivity contribution in [3.05, 3.63) is 24.3 Å². The first-order chi connectivity index (χ1) is 9.66. The Bertz CT molecular complexity index is 543. The van der Waals surface area contributed by atoms with Crippen LogP contribution >= 0.6 is 0 Å². The summed E-state index contributed by atoms with van der Waals surface area (Å²) in [6.45, 7) is 1.44. The number of alkyl halides is 6. The molecule has 0 aliphatic heterocycles. The second-order valence-electron chi connectivity index (χ2n) is 3.83. The van der Waals surface area contributed by atoms with Crippen LogP contribution in [0.1, 0.15) is 6.92 Å². The van der Waals surface area contributed by atoms with Crippen molar-refractivity contribution < 1.29 is 48.8 Å². The third-order valence-electron chi connectivity index (χ3n) is 2.11. The van der Waals surface area contributed by atoms with Gasteiger partial charge in [0.1, 0.15) is 0 Å². The van der Waals surface area contributed by atoms with Gasteiger partial charge in [-0.25, -0.2) is 13.2 Å². The largest absolute Gasteiger partial charge is 0.748 e. The highest BCUT2D eigenvalue weighted by Crippen LogP contribution is 2.46. The van der Waals surface area contributed by atoms with Crippen molar-refractivity contribution in [3.8, 4) is 0 Å². The van der Waals surface area contributed by atoms with E-state index in [1.165, 1.54) is 13.0 Å². The number of halogens is 6. The van der Waals surface area contributed by atoms with E-state index in [-0.39, 0.29) is 6.08 Å². The molecule has 0 aromatic carbocycles. The molecule has 0 aliphatic rings. The van der Waals surface area contributed by atoms with Crippen molar-refractivity contribution in [2.75, 3.05) is 5.75 Å². The molecule has 0 spiro atoms. The Balaban J connectivity index is 5.93. The minimum Gasteiger partial charge on any atom is -0.748 e. The van der Waals surface area contributed by atoms with E-state index in [0.29, 0.717) is 0 Å². The third kappa shape index (κ3) is 5.33. The molecule has 0 aliphatic carbocycles. The van der Waals surface area contributed by atoms with Gasteiger partial charge in [0.15, 0.2) is 0 Å². The first-order valence-electron chi connectivity index (χ1n) is 5.25. The summed E-state index contributed by atoms with van der Waals surface area (Å²) in [4.78, 5) is 11.1. The van der Waals surface area contributed by atoms with Gasteiger partial charge < -0.3 is 9.29 Å². The summed E-state index contributed by atoms with van der Waals surface area (Å²) >= 11 is 0. The number of ether oxygens (including phenoxy) is 1. The molecule has 12 heteroatoms. The molecular weight excluding hydrogens is 346 g/mol. The predicted octanol–water partition coefficient (Wildman–Crippen LogP) is 2.07. The van der Waals surface area contributed by atoms with Crippen LogP contribution in [0.4, 0.5) is 26.3 Å². The molecule has 0 unspecified atom stereocenters. The molecule has 0 aromatic rings. The maximum Gasteiger partial charge on any atom is 0.438 e. The van der Waals surface area contributed by atoms with Gasteiger partial charge in [0, 0.05) is 6.08 Å². The Labute approximate surface area is 121 Å². The van der Waals surface area contributed by atoms with E-state index in [9.17, 15) is 44.1 Å². The maximum absolute atomic E-state index is 12.7. The summed E-state index contributed by atoms with van der Waals surface area (Å²) in [5.41, 5.74) is -5.45. The molecule has 0 fully saturated rings. The van der Waals surface area contributed by atoms with Crippen LogP contribution in [-0.4, -0.2) is 42.6 Å². The van der Waals surface area contributed by atoms with Crippen LogP contribution in [0, 0.1) is 0 Å². The summed E-state index contributed by atoms with van der Waals surface area (Å²) in [7, 11) is -6.02. The Morgan fingerprint density at radius 2 is 1.55 bits per heavy atom. The maximum atomic E-state index is 12.7.